The van der Waals surface area contributed by atoms with E-state index in [1.807, 2.05) is 47.0 Å². The largest absolute Gasteiger partial charge is 0.354 e. The number of fused-ring (bicyclic) bond motifs is 3. The molecule has 0 saturated heterocycles. The monoisotopic (exact) mass is 482 g/mol. The molecule has 6 rings (SSSR count). The van der Waals surface area contributed by atoms with Crippen molar-refractivity contribution in [3.8, 4) is 5.69 Å². The molecule has 0 radical (unpaired) electrons. The van der Waals surface area contributed by atoms with Gasteiger partial charge in [0.1, 0.15) is 17.5 Å². The number of halogens is 2. The van der Waals surface area contributed by atoms with Crippen LogP contribution in [0.15, 0.2) is 96.2 Å². The van der Waals surface area contributed by atoms with Gasteiger partial charge in [0.25, 0.3) is 0 Å². The third-order valence-electron chi connectivity index (χ3n) is 6.06. The van der Waals surface area contributed by atoms with E-state index in [4.69, 9.17) is 0 Å². The molecule has 1 N–H and O–H groups in total. The molecule has 2 aromatic heterocycles. The maximum absolute atomic E-state index is 14.2. The second kappa shape index (κ2) is 9.00. The second-order valence-electron chi connectivity index (χ2n) is 8.28. The minimum Gasteiger partial charge on any atom is -0.354 e. The number of nitrogens with zero attached hydrogens (tertiary/aromatic N) is 3. The van der Waals surface area contributed by atoms with E-state index < -0.39 is 11.6 Å². The molecule has 0 aliphatic rings. The number of nitrogens with one attached hydrogen (secondary N) is 1. The topological polar surface area (TPSA) is 46.5 Å². The number of thioether (sulfide) groups is 1. The Labute approximate surface area is 204 Å². The minimum atomic E-state index is -0.586. The Balaban J connectivity index is 1.39. The molecule has 0 bridgehead atoms. The van der Waals surface area contributed by atoms with Crippen molar-refractivity contribution in [2.75, 3.05) is 0 Å². The molecule has 0 fully saturated rings. The molecule has 172 valence electrons. The summed E-state index contributed by atoms with van der Waals surface area (Å²) in [5.41, 5.74) is 4.64. The third kappa shape index (κ3) is 4.08. The highest BCUT2D eigenvalue weighted by Crippen LogP contribution is 2.31. The number of H-pyrrole nitrogens is 1. The van der Waals surface area contributed by atoms with Crippen molar-refractivity contribution < 1.29 is 8.78 Å². The van der Waals surface area contributed by atoms with E-state index in [2.05, 4.69) is 45.5 Å². The Hall–Kier alpha value is -3.97. The molecule has 6 aromatic rings. The van der Waals surface area contributed by atoms with Gasteiger partial charge in [0, 0.05) is 40.2 Å². The molecule has 0 atom stereocenters. The SMILES string of the molecule is Fc1ccc(CSc2nnc(Cc3cccc4c3[nH]c3ccccc34)n2-c2ccccc2)c(F)c1. The zero-order chi connectivity index (χ0) is 23.8. The number of aromatic nitrogens is 4. The number of rotatable bonds is 6. The Morgan fingerprint density at radius 1 is 0.771 bits per heavy atom. The molecule has 0 spiro atoms. The van der Waals surface area contributed by atoms with E-state index in [1.165, 1.54) is 34.7 Å². The summed E-state index contributed by atoms with van der Waals surface area (Å²) in [5, 5.41) is 12.0. The first-order valence-electron chi connectivity index (χ1n) is 11.2. The van der Waals surface area contributed by atoms with E-state index >= 15 is 0 Å². The molecule has 4 nitrogen and oxygen atoms in total. The maximum Gasteiger partial charge on any atom is 0.196 e. The first-order valence-corrected chi connectivity index (χ1v) is 12.2. The zero-order valence-corrected chi connectivity index (χ0v) is 19.4. The van der Waals surface area contributed by atoms with Crippen LogP contribution in [0.3, 0.4) is 0 Å². The normalized spacial score (nSPS) is 11.5. The van der Waals surface area contributed by atoms with Crippen LogP contribution in [0.2, 0.25) is 0 Å². The number of hydrogen-bond acceptors (Lipinski definition) is 3. The number of benzene rings is 4. The van der Waals surface area contributed by atoms with E-state index in [9.17, 15) is 8.78 Å². The molecule has 35 heavy (non-hydrogen) atoms. The van der Waals surface area contributed by atoms with Crippen LogP contribution >= 0.6 is 11.8 Å². The van der Waals surface area contributed by atoms with Crippen LogP contribution in [-0.4, -0.2) is 19.7 Å². The van der Waals surface area contributed by atoms with Gasteiger partial charge in [-0.3, -0.25) is 4.57 Å². The lowest BCUT2D eigenvalue weighted by Crippen LogP contribution is -2.04. The highest BCUT2D eigenvalue weighted by atomic mass is 32.2. The van der Waals surface area contributed by atoms with E-state index in [1.54, 1.807) is 0 Å². The van der Waals surface area contributed by atoms with Crippen LogP contribution in [-0.2, 0) is 12.2 Å². The molecular weight excluding hydrogens is 462 g/mol. The summed E-state index contributed by atoms with van der Waals surface area (Å²) in [6.45, 7) is 0. The predicted octanol–water partition coefficient (Wildman–Crippen LogP) is 7.06. The predicted molar refractivity (Wildman–Crippen MR) is 136 cm³/mol. The molecule has 0 aliphatic carbocycles. The van der Waals surface area contributed by atoms with Gasteiger partial charge in [-0.05, 0) is 35.4 Å². The van der Waals surface area contributed by atoms with Gasteiger partial charge >= 0.3 is 0 Å². The van der Waals surface area contributed by atoms with Gasteiger partial charge in [-0.2, -0.15) is 0 Å². The van der Waals surface area contributed by atoms with Gasteiger partial charge in [-0.25, -0.2) is 8.78 Å². The summed E-state index contributed by atoms with van der Waals surface area (Å²) in [4.78, 5) is 3.56. The van der Waals surface area contributed by atoms with Crippen LogP contribution in [0.4, 0.5) is 8.78 Å². The molecule has 4 aromatic carbocycles. The maximum atomic E-state index is 14.2. The molecule has 0 aliphatic heterocycles. The lowest BCUT2D eigenvalue weighted by molar-refractivity contribution is 0.576. The molecule has 0 saturated carbocycles. The van der Waals surface area contributed by atoms with Crippen molar-refractivity contribution in [3.63, 3.8) is 0 Å². The Kier molecular flexibility index (Phi) is 5.54. The van der Waals surface area contributed by atoms with Crippen LogP contribution in [0.1, 0.15) is 17.0 Å². The number of para-hydroxylation sites is 3. The summed E-state index contributed by atoms with van der Waals surface area (Å²) >= 11 is 1.37. The standard InChI is InChI=1S/C28H20F2N4S/c29-20-14-13-19(24(30)16-20)17-35-28-33-32-26(34(28)21-8-2-1-3-9-21)15-18-7-6-11-23-22-10-4-5-12-25(22)31-27(18)23/h1-14,16,31H,15,17H2. The van der Waals surface area contributed by atoms with Gasteiger partial charge in [0.05, 0.1) is 5.52 Å². The van der Waals surface area contributed by atoms with Crippen molar-refractivity contribution in [3.05, 3.63) is 120 Å². The van der Waals surface area contributed by atoms with Crippen molar-refractivity contribution >= 4 is 33.6 Å². The first-order chi connectivity index (χ1) is 17.2. The van der Waals surface area contributed by atoms with Crippen LogP contribution < -0.4 is 0 Å². The highest BCUT2D eigenvalue weighted by molar-refractivity contribution is 7.98. The quantitative estimate of drug-likeness (QED) is 0.259. The van der Waals surface area contributed by atoms with Gasteiger partial charge < -0.3 is 4.98 Å². The lowest BCUT2D eigenvalue weighted by Gasteiger charge is -2.11. The summed E-state index contributed by atoms with van der Waals surface area (Å²) in [5.74, 6) is -0.0511. The molecule has 2 heterocycles. The van der Waals surface area contributed by atoms with Gasteiger partial charge in [0.2, 0.25) is 0 Å². The summed E-state index contributed by atoms with van der Waals surface area (Å²) in [7, 11) is 0. The smallest absolute Gasteiger partial charge is 0.196 e. The second-order valence-corrected chi connectivity index (χ2v) is 9.22. The molecular formula is C28H20F2N4S. The third-order valence-corrected chi connectivity index (χ3v) is 7.04. The fourth-order valence-electron chi connectivity index (χ4n) is 4.38. The molecule has 0 amide bonds. The van der Waals surface area contributed by atoms with Crippen molar-refractivity contribution in [1.29, 1.82) is 0 Å². The average molecular weight is 483 g/mol. The Morgan fingerprint density at radius 2 is 1.57 bits per heavy atom. The Bertz CT molecular complexity index is 1660. The van der Waals surface area contributed by atoms with Crippen molar-refractivity contribution in [1.82, 2.24) is 19.7 Å². The molecule has 7 heteroatoms. The summed E-state index contributed by atoms with van der Waals surface area (Å²) < 4.78 is 29.5. The van der Waals surface area contributed by atoms with E-state index in [0.29, 0.717) is 22.9 Å². The number of hydrogen-bond donors (Lipinski definition) is 1. The van der Waals surface area contributed by atoms with Gasteiger partial charge in [-0.15, -0.1) is 10.2 Å². The molecule has 0 unspecified atom stereocenters. The van der Waals surface area contributed by atoms with Crippen LogP contribution in [0.5, 0.6) is 0 Å². The first kappa shape index (κ1) is 21.6. The van der Waals surface area contributed by atoms with Crippen molar-refractivity contribution in [2.24, 2.45) is 0 Å². The van der Waals surface area contributed by atoms with Gasteiger partial charge in [-0.1, -0.05) is 72.4 Å². The average Bonchev–Trinajstić information content (AvgIpc) is 3.46. The van der Waals surface area contributed by atoms with E-state index in [0.717, 1.165) is 34.2 Å². The fourth-order valence-corrected chi connectivity index (χ4v) is 5.33. The summed E-state index contributed by atoms with van der Waals surface area (Å²) in [6.07, 6.45) is 0.567. The van der Waals surface area contributed by atoms with Crippen LogP contribution in [0, 0.1) is 11.6 Å². The van der Waals surface area contributed by atoms with Gasteiger partial charge in [0.15, 0.2) is 5.16 Å². The highest BCUT2D eigenvalue weighted by Gasteiger charge is 2.18. The Morgan fingerprint density at radius 3 is 2.43 bits per heavy atom. The number of aromatic amines is 1. The fraction of sp³-hybridized carbons (Fsp3) is 0.0714. The van der Waals surface area contributed by atoms with E-state index in [-0.39, 0.29) is 0 Å². The van der Waals surface area contributed by atoms with Crippen molar-refractivity contribution in [2.45, 2.75) is 17.3 Å². The minimum absolute atomic E-state index is 0.314. The zero-order valence-electron chi connectivity index (χ0n) is 18.6. The lowest BCUT2D eigenvalue weighted by atomic mass is 10.1. The summed E-state index contributed by atoms with van der Waals surface area (Å²) in [6, 6.07) is 28.1. The van der Waals surface area contributed by atoms with Crippen LogP contribution in [0.25, 0.3) is 27.5 Å².